The molecule has 0 saturated carbocycles. The van der Waals surface area contributed by atoms with E-state index in [2.05, 4.69) is 16.8 Å². The number of nitrogens with zero attached hydrogens (tertiary/aromatic N) is 2. The minimum Gasteiger partial charge on any atom is -0.384 e. The van der Waals surface area contributed by atoms with Gasteiger partial charge in [-0.3, -0.25) is 9.78 Å². The molecule has 5 heteroatoms. The zero-order valence-corrected chi connectivity index (χ0v) is 11.7. The van der Waals surface area contributed by atoms with Crippen molar-refractivity contribution in [3.05, 3.63) is 29.6 Å². The van der Waals surface area contributed by atoms with Gasteiger partial charge < -0.3 is 14.7 Å². The Kier molecular flexibility index (Phi) is 4.38. The van der Waals surface area contributed by atoms with Gasteiger partial charge in [-0.15, -0.1) is 0 Å². The van der Waals surface area contributed by atoms with Gasteiger partial charge in [-0.2, -0.15) is 0 Å². The molecule has 1 aromatic heterocycles. The predicted molar refractivity (Wildman–Crippen MR) is 74.1 cm³/mol. The molecule has 0 spiro atoms. The van der Waals surface area contributed by atoms with E-state index in [1.807, 2.05) is 13.8 Å². The van der Waals surface area contributed by atoms with Crippen molar-refractivity contribution in [2.45, 2.75) is 19.4 Å². The van der Waals surface area contributed by atoms with Gasteiger partial charge in [-0.05, 0) is 19.9 Å². The molecule has 1 fully saturated rings. The Morgan fingerprint density at radius 2 is 2.35 bits per heavy atom. The fraction of sp³-hybridized carbons (Fsp3) is 0.467. The van der Waals surface area contributed by atoms with Crippen molar-refractivity contribution >= 4 is 5.91 Å². The van der Waals surface area contributed by atoms with E-state index in [-0.39, 0.29) is 18.1 Å². The number of morpholine rings is 1. The molecule has 1 saturated heterocycles. The third kappa shape index (κ3) is 3.16. The van der Waals surface area contributed by atoms with Crippen molar-refractivity contribution in [2.24, 2.45) is 0 Å². The molecule has 1 aliphatic heterocycles. The highest BCUT2D eigenvalue weighted by atomic mass is 16.5. The summed E-state index contributed by atoms with van der Waals surface area (Å²) < 4.78 is 5.42. The highest BCUT2D eigenvalue weighted by Gasteiger charge is 2.34. The SMILES string of the molecule is CC1(C)COCCN1C(=O)c1cncc(C#CCO)c1. The van der Waals surface area contributed by atoms with E-state index in [4.69, 9.17) is 9.84 Å². The van der Waals surface area contributed by atoms with Gasteiger partial charge in [0.1, 0.15) is 6.61 Å². The second kappa shape index (κ2) is 6.04. The predicted octanol–water partition coefficient (Wildman–Crippen LogP) is 0.676. The Hall–Kier alpha value is -1.90. The fourth-order valence-corrected chi connectivity index (χ4v) is 2.16. The number of pyridine rings is 1. The average molecular weight is 274 g/mol. The normalized spacial score (nSPS) is 17.2. The van der Waals surface area contributed by atoms with Crippen molar-refractivity contribution in [1.29, 1.82) is 0 Å². The number of rotatable bonds is 1. The minimum absolute atomic E-state index is 0.0709. The lowest BCUT2D eigenvalue weighted by Gasteiger charge is -2.42. The zero-order chi connectivity index (χ0) is 14.6. The van der Waals surface area contributed by atoms with Crippen molar-refractivity contribution in [3.8, 4) is 11.8 Å². The number of hydrogen-bond donors (Lipinski definition) is 1. The first-order valence-corrected chi connectivity index (χ1v) is 6.49. The lowest BCUT2D eigenvalue weighted by Crippen LogP contribution is -2.55. The van der Waals surface area contributed by atoms with Gasteiger partial charge >= 0.3 is 0 Å². The third-order valence-electron chi connectivity index (χ3n) is 3.19. The number of carbonyl (C=O) groups excluding carboxylic acids is 1. The Morgan fingerprint density at radius 1 is 1.55 bits per heavy atom. The summed E-state index contributed by atoms with van der Waals surface area (Å²) in [4.78, 5) is 18.4. The standard InChI is InChI=1S/C15H18N2O3/c1-15(2)11-20-7-5-17(15)14(19)13-8-12(4-3-6-18)9-16-10-13/h8-10,18H,5-7,11H2,1-2H3. The van der Waals surface area contributed by atoms with Crippen molar-refractivity contribution < 1.29 is 14.6 Å². The summed E-state index contributed by atoms with van der Waals surface area (Å²) in [5, 5.41) is 8.70. The van der Waals surface area contributed by atoms with Gasteiger partial charge in [-0.25, -0.2) is 0 Å². The van der Waals surface area contributed by atoms with Crippen molar-refractivity contribution in [3.63, 3.8) is 0 Å². The van der Waals surface area contributed by atoms with Crippen LogP contribution in [0.4, 0.5) is 0 Å². The number of ether oxygens (including phenoxy) is 1. The molecule has 1 N–H and O–H groups in total. The maximum absolute atomic E-state index is 12.6. The zero-order valence-electron chi connectivity index (χ0n) is 11.7. The fourth-order valence-electron chi connectivity index (χ4n) is 2.16. The van der Waals surface area contributed by atoms with Gasteiger partial charge in [0.15, 0.2) is 0 Å². The molecule has 0 unspecified atom stereocenters. The van der Waals surface area contributed by atoms with Crippen LogP contribution in [0.25, 0.3) is 0 Å². The lowest BCUT2D eigenvalue weighted by atomic mass is 10.0. The maximum Gasteiger partial charge on any atom is 0.256 e. The van der Waals surface area contributed by atoms with Crippen molar-refractivity contribution in [1.82, 2.24) is 9.88 Å². The van der Waals surface area contributed by atoms with Crippen LogP contribution in [0.1, 0.15) is 29.8 Å². The number of aliphatic hydroxyl groups is 1. The van der Waals surface area contributed by atoms with E-state index in [1.54, 1.807) is 17.2 Å². The Bertz CT molecular complexity index is 558. The van der Waals surface area contributed by atoms with Gasteiger partial charge in [0.2, 0.25) is 0 Å². The smallest absolute Gasteiger partial charge is 0.256 e. The third-order valence-corrected chi connectivity index (χ3v) is 3.19. The number of carbonyl (C=O) groups is 1. The van der Waals surface area contributed by atoms with Crippen LogP contribution in [0.2, 0.25) is 0 Å². The Balaban J connectivity index is 2.24. The molecule has 2 rings (SSSR count). The summed E-state index contributed by atoms with van der Waals surface area (Å²) in [6.45, 7) is 5.38. The number of hydrogen-bond acceptors (Lipinski definition) is 4. The molecular weight excluding hydrogens is 256 g/mol. The second-order valence-electron chi connectivity index (χ2n) is 5.24. The molecular formula is C15H18N2O3. The van der Waals surface area contributed by atoms with Gasteiger partial charge in [0, 0.05) is 24.5 Å². The summed E-state index contributed by atoms with van der Waals surface area (Å²) in [6.07, 6.45) is 3.11. The average Bonchev–Trinajstić information content (AvgIpc) is 2.44. The maximum atomic E-state index is 12.6. The van der Waals surface area contributed by atoms with E-state index in [0.717, 1.165) is 0 Å². The largest absolute Gasteiger partial charge is 0.384 e. The summed E-state index contributed by atoms with van der Waals surface area (Å²) >= 11 is 0. The molecule has 0 atom stereocenters. The summed E-state index contributed by atoms with van der Waals surface area (Å²) in [5.41, 5.74) is 0.794. The Labute approximate surface area is 118 Å². The van der Waals surface area contributed by atoms with Crippen LogP contribution in [0.3, 0.4) is 0 Å². The van der Waals surface area contributed by atoms with Crippen LogP contribution in [-0.2, 0) is 4.74 Å². The molecule has 0 bridgehead atoms. The van der Waals surface area contributed by atoms with E-state index in [9.17, 15) is 4.79 Å². The molecule has 1 aliphatic rings. The monoisotopic (exact) mass is 274 g/mol. The minimum atomic E-state index is -0.331. The van der Waals surface area contributed by atoms with Gasteiger partial charge in [0.25, 0.3) is 5.91 Å². The molecule has 0 aliphatic carbocycles. The van der Waals surface area contributed by atoms with Gasteiger partial charge in [0.05, 0.1) is 24.3 Å². The first-order chi connectivity index (χ1) is 9.54. The summed E-state index contributed by atoms with van der Waals surface area (Å²) in [7, 11) is 0. The first kappa shape index (κ1) is 14.5. The highest BCUT2D eigenvalue weighted by molar-refractivity contribution is 5.94. The second-order valence-corrected chi connectivity index (χ2v) is 5.24. The molecule has 5 nitrogen and oxygen atoms in total. The highest BCUT2D eigenvalue weighted by Crippen LogP contribution is 2.21. The van der Waals surface area contributed by atoms with Gasteiger partial charge in [-0.1, -0.05) is 11.8 Å². The van der Waals surface area contributed by atoms with Crippen LogP contribution in [-0.4, -0.2) is 52.8 Å². The van der Waals surface area contributed by atoms with Crippen LogP contribution in [0, 0.1) is 11.8 Å². The van der Waals surface area contributed by atoms with Crippen LogP contribution < -0.4 is 0 Å². The number of aromatic nitrogens is 1. The molecule has 2 heterocycles. The van der Waals surface area contributed by atoms with Crippen LogP contribution in [0.15, 0.2) is 18.5 Å². The molecule has 0 aromatic carbocycles. The summed E-state index contributed by atoms with van der Waals surface area (Å²) in [5.74, 6) is 5.23. The molecule has 20 heavy (non-hydrogen) atoms. The number of amides is 1. The molecule has 106 valence electrons. The lowest BCUT2D eigenvalue weighted by molar-refractivity contribution is -0.0370. The van der Waals surface area contributed by atoms with E-state index in [1.165, 1.54) is 6.20 Å². The topological polar surface area (TPSA) is 62.7 Å². The first-order valence-electron chi connectivity index (χ1n) is 6.49. The molecule has 1 aromatic rings. The summed E-state index contributed by atoms with van der Waals surface area (Å²) in [6, 6.07) is 1.70. The Morgan fingerprint density at radius 3 is 3.05 bits per heavy atom. The molecule has 0 radical (unpaired) electrons. The van der Waals surface area contributed by atoms with Crippen LogP contribution >= 0.6 is 0 Å². The van der Waals surface area contributed by atoms with E-state index < -0.39 is 0 Å². The van der Waals surface area contributed by atoms with Crippen LogP contribution in [0.5, 0.6) is 0 Å². The van der Waals surface area contributed by atoms with Crippen molar-refractivity contribution in [2.75, 3.05) is 26.4 Å². The molecule has 1 amide bonds. The van der Waals surface area contributed by atoms with E-state index in [0.29, 0.717) is 30.9 Å². The van der Waals surface area contributed by atoms with E-state index >= 15 is 0 Å². The number of aliphatic hydroxyl groups excluding tert-OH is 1. The quantitative estimate of drug-likeness (QED) is 0.765.